The van der Waals surface area contributed by atoms with Gasteiger partial charge in [0.15, 0.2) is 0 Å². The van der Waals surface area contributed by atoms with Gasteiger partial charge in [0, 0.05) is 55.8 Å². The van der Waals surface area contributed by atoms with E-state index in [1.807, 2.05) is 25.8 Å². The van der Waals surface area contributed by atoms with Crippen molar-refractivity contribution in [2.75, 3.05) is 38.7 Å². The lowest BCUT2D eigenvalue weighted by molar-refractivity contribution is -0.137. The van der Waals surface area contributed by atoms with Crippen LogP contribution in [0.25, 0.3) is 0 Å². The van der Waals surface area contributed by atoms with Crippen molar-refractivity contribution in [2.24, 2.45) is 5.92 Å². The number of pyridine rings is 1. The van der Waals surface area contributed by atoms with Crippen molar-refractivity contribution in [1.29, 1.82) is 0 Å². The molecule has 1 aromatic heterocycles. The highest BCUT2D eigenvalue weighted by molar-refractivity contribution is 6.05. The van der Waals surface area contributed by atoms with E-state index >= 15 is 0 Å². The van der Waals surface area contributed by atoms with Crippen LogP contribution in [-0.2, 0) is 17.5 Å². The number of aliphatic hydroxyl groups excluding tert-OH is 1. The molecule has 0 unspecified atom stereocenters. The molecule has 0 bridgehead atoms. The molecule has 0 saturated heterocycles. The second kappa shape index (κ2) is 16.9. The largest absolute Gasteiger partial charge is 0.490 e. The molecule has 48 heavy (non-hydrogen) atoms. The van der Waals surface area contributed by atoms with Crippen LogP contribution < -0.4 is 10.1 Å². The molecule has 260 valence electrons. The van der Waals surface area contributed by atoms with Gasteiger partial charge in [-0.15, -0.1) is 0 Å². The van der Waals surface area contributed by atoms with Crippen molar-refractivity contribution < 1.29 is 37.3 Å². The van der Waals surface area contributed by atoms with Crippen LogP contribution in [0.2, 0.25) is 0 Å². The van der Waals surface area contributed by atoms with Crippen LogP contribution in [0.1, 0.15) is 71.9 Å². The van der Waals surface area contributed by atoms with Gasteiger partial charge in [-0.05, 0) is 88.2 Å². The molecule has 9 nitrogen and oxygen atoms in total. The molecule has 2 N–H and O–H groups in total. The SMILES string of the molecule is C[C@@H]1CN([C@@H](C)CO)C(=O)c2cc(NC(=O)c3ccncc3)ccc2O[C@@H](C)CCCCO[C@@H]1CN(C)Cc1ccc(C(F)(F)F)cc1. The van der Waals surface area contributed by atoms with Crippen molar-refractivity contribution in [3.05, 3.63) is 89.2 Å². The first-order chi connectivity index (χ1) is 22.8. The summed E-state index contributed by atoms with van der Waals surface area (Å²) in [5.74, 6) is -0.508. The number of carbonyl (C=O) groups is 2. The Balaban J connectivity index is 1.58. The molecule has 12 heteroatoms. The maximum atomic E-state index is 14.3. The van der Waals surface area contributed by atoms with Gasteiger partial charge < -0.3 is 24.8 Å². The van der Waals surface area contributed by atoms with Crippen LogP contribution in [0.5, 0.6) is 5.75 Å². The minimum Gasteiger partial charge on any atom is -0.490 e. The van der Waals surface area contributed by atoms with Gasteiger partial charge in [0.25, 0.3) is 11.8 Å². The Labute approximate surface area is 280 Å². The monoisotopic (exact) mass is 670 g/mol. The van der Waals surface area contributed by atoms with Gasteiger partial charge in [-0.2, -0.15) is 13.2 Å². The molecule has 0 saturated carbocycles. The summed E-state index contributed by atoms with van der Waals surface area (Å²) in [5, 5.41) is 13.0. The Kier molecular flexibility index (Phi) is 13.0. The van der Waals surface area contributed by atoms with Crippen LogP contribution in [-0.4, -0.2) is 83.3 Å². The topological polar surface area (TPSA) is 104 Å². The summed E-state index contributed by atoms with van der Waals surface area (Å²) in [6.45, 7) is 7.04. The number of fused-ring (bicyclic) bond motifs is 1. The number of ether oxygens (including phenoxy) is 2. The number of alkyl halides is 3. The molecular formula is C36H45F3N4O5. The molecule has 2 heterocycles. The Bertz CT molecular complexity index is 1490. The van der Waals surface area contributed by atoms with Gasteiger partial charge in [0.2, 0.25) is 0 Å². The normalized spacial score (nSPS) is 20.4. The number of hydrogen-bond donors (Lipinski definition) is 2. The fraction of sp³-hybridized carbons (Fsp3) is 0.472. The van der Waals surface area contributed by atoms with Crippen molar-refractivity contribution in [3.63, 3.8) is 0 Å². The third kappa shape index (κ3) is 10.2. The predicted molar refractivity (Wildman–Crippen MR) is 177 cm³/mol. The van der Waals surface area contributed by atoms with E-state index in [1.165, 1.54) is 24.5 Å². The highest BCUT2D eigenvalue weighted by atomic mass is 19.4. The van der Waals surface area contributed by atoms with Crippen molar-refractivity contribution in [3.8, 4) is 5.75 Å². The van der Waals surface area contributed by atoms with Crippen LogP contribution in [0.15, 0.2) is 67.0 Å². The summed E-state index contributed by atoms with van der Waals surface area (Å²) in [4.78, 5) is 34.8. The third-order valence-electron chi connectivity index (χ3n) is 8.48. The number of aromatic nitrogens is 1. The summed E-state index contributed by atoms with van der Waals surface area (Å²) < 4.78 is 51.8. The van der Waals surface area contributed by atoms with Gasteiger partial charge in [-0.25, -0.2) is 0 Å². The van der Waals surface area contributed by atoms with Crippen LogP contribution in [0.3, 0.4) is 0 Å². The number of amides is 2. The molecule has 0 fully saturated rings. The van der Waals surface area contributed by atoms with Crippen LogP contribution in [0.4, 0.5) is 18.9 Å². The van der Waals surface area contributed by atoms with Crippen molar-refractivity contribution in [2.45, 2.75) is 71.0 Å². The molecule has 1 aliphatic heterocycles. The van der Waals surface area contributed by atoms with E-state index in [-0.39, 0.29) is 48.7 Å². The zero-order valence-corrected chi connectivity index (χ0v) is 27.9. The summed E-state index contributed by atoms with van der Waals surface area (Å²) in [7, 11) is 1.88. The van der Waals surface area contributed by atoms with E-state index in [2.05, 4.69) is 10.3 Å². The molecular weight excluding hydrogens is 625 g/mol. The van der Waals surface area contributed by atoms with Crippen LogP contribution >= 0.6 is 0 Å². The van der Waals surface area contributed by atoms with E-state index in [0.717, 1.165) is 37.0 Å². The summed E-state index contributed by atoms with van der Waals surface area (Å²) >= 11 is 0. The molecule has 0 radical (unpaired) electrons. The third-order valence-corrected chi connectivity index (χ3v) is 8.48. The number of carbonyl (C=O) groups excluding carboxylic acids is 2. The minimum absolute atomic E-state index is 0.182. The Morgan fingerprint density at radius 3 is 2.48 bits per heavy atom. The number of likely N-dealkylation sites (N-methyl/N-ethyl adjacent to an activating group) is 1. The van der Waals surface area contributed by atoms with Gasteiger partial charge in [0.05, 0.1) is 36.0 Å². The second-order valence-corrected chi connectivity index (χ2v) is 12.6. The number of anilines is 1. The Hall–Kier alpha value is -4.00. The minimum atomic E-state index is -4.39. The molecule has 2 amide bonds. The predicted octanol–water partition coefficient (Wildman–Crippen LogP) is 6.28. The highest BCUT2D eigenvalue weighted by Crippen LogP contribution is 2.30. The van der Waals surface area contributed by atoms with Crippen molar-refractivity contribution >= 4 is 17.5 Å². The summed E-state index contributed by atoms with van der Waals surface area (Å²) in [6.07, 6.45) is 0.489. The number of hydrogen-bond acceptors (Lipinski definition) is 7. The lowest BCUT2D eigenvalue weighted by Gasteiger charge is -2.36. The maximum absolute atomic E-state index is 14.3. The van der Waals surface area contributed by atoms with Crippen molar-refractivity contribution in [1.82, 2.24) is 14.8 Å². The van der Waals surface area contributed by atoms with Gasteiger partial charge >= 0.3 is 6.18 Å². The summed E-state index contributed by atoms with van der Waals surface area (Å²) in [5.41, 5.74) is 1.14. The molecule has 4 rings (SSSR count). The van der Waals surface area contributed by atoms with E-state index in [4.69, 9.17) is 9.47 Å². The number of aliphatic hydroxyl groups is 1. The first kappa shape index (κ1) is 36.8. The van der Waals surface area contributed by atoms with Crippen LogP contribution in [0, 0.1) is 5.92 Å². The Morgan fingerprint density at radius 1 is 1.10 bits per heavy atom. The Morgan fingerprint density at radius 2 is 1.81 bits per heavy atom. The molecule has 0 spiro atoms. The van der Waals surface area contributed by atoms with Gasteiger partial charge in [-0.3, -0.25) is 19.5 Å². The first-order valence-electron chi connectivity index (χ1n) is 16.3. The highest BCUT2D eigenvalue weighted by Gasteiger charge is 2.32. The van der Waals surface area contributed by atoms with E-state index in [9.17, 15) is 27.9 Å². The number of rotatable bonds is 8. The number of benzene rings is 2. The summed E-state index contributed by atoms with van der Waals surface area (Å²) in [6, 6.07) is 12.8. The zero-order valence-electron chi connectivity index (χ0n) is 27.9. The average Bonchev–Trinajstić information content (AvgIpc) is 3.06. The lowest BCUT2D eigenvalue weighted by Crippen LogP contribution is -2.47. The second-order valence-electron chi connectivity index (χ2n) is 12.6. The van der Waals surface area contributed by atoms with E-state index in [0.29, 0.717) is 36.7 Å². The average molecular weight is 671 g/mol. The quantitative estimate of drug-likeness (QED) is 0.291. The fourth-order valence-corrected chi connectivity index (χ4v) is 5.65. The van der Waals surface area contributed by atoms with Gasteiger partial charge in [-0.1, -0.05) is 19.1 Å². The molecule has 4 atom stereocenters. The lowest BCUT2D eigenvalue weighted by atomic mass is 10.0. The molecule has 1 aliphatic rings. The molecule has 2 aromatic carbocycles. The number of nitrogens with zero attached hydrogens (tertiary/aromatic N) is 3. The number of halogens is 3. The number of nitrogens with one attached hydrogen (secondary N) is 1. The fourth-order valence-electron chi connectivity index (χ4n) is 5.65. The first-order valence-corrected chi connectivity index (χ1v) is 16.3. The standard InChI is InChI=1S/C36H45F3N4O5/c1-24-20-43(25(2)23-44)35(46)31-19-30(41-34(45)28-14-16-40-17-15-28)12-13-32(31)48-26(3)7-5-6-18-47-33(24)22-42(4)21-27-8-10-29(11-9-27)36(37,38)39/h8-17,19,24-26,33,44H,5-7,18,20-23H2,1-4H3,(H,41,45)/t24-,25+,26+,33-/m1/s1. The molecule has 3 aromatic rings. The maximum Gasteiger partial charge on any atom is 0.416 e. The van der Waals surface area contributed by atoms with E-state index < -0.39 is 17.8 Å². The smallest absolute Gasteiger partial charge is 0.416 e. The zero-order chi connectivity index (χ0) is 34.8. The molecule has 0 aliphatic carbocycles. The van der Waals surface area contributed by atoms with Gasteiger partial charge in [0.1, 0.15) is 5.75 Å². The van der Waals surface area contributed by atoms with E-state index in [1.54, 1.807) is 42.2 Å².